The van der Waals surface area contributed by atoms with E-state index >= 15 is 0 Å². The molecule has 1 atom stereocenters. The minimum atomic E-state index is -0.109. The molecule has 0 amide bonds. The number of hydrogen-bond donors (Lipinski definition) is 2. The van der Waals surface area contributed by atoms with Gasteiger partial charge in [0.15, 0.2) is 5.75 Å². The summed E-state index contributed by atoms with van der Waals surface area (Å²) in [6, 6.07) is 43.4. The van der Waals surface area contributed by atoms with Crippen LogP contribution >= 0.6 is 0 Å². The number of aliphatic imine (C=N–C) groups is 1. The van der Waals surface area contributed by atoms with Crippen molar-refractivity contribution < 1.29 is 9.47 Å². The largest absolute Gasteiger partial charge is 0.488 e. The molecule has 2 aliphatic heterocycles. The van der Waals surface area contributed by atoms with Gasteiger partial charge in [0.1, 0.15) is 5.69 Å². The molecule has 7 aromatic rings. The van der Waals surface area contributed by atoms with Gasteiger partial charge in [-0.05, 0) is 107 Å². The van der Waals surface area contributed by atoms with Crippen LogP contribution in [0.2, 0.25) is 0 Å². The predicted octanol–water partition coefficient (Wildman–Crippen LogP) is 14.3. The van der Waals surface area contributed by atoms with Gasteiger partial charge in [0.2, 0.25) is 5.90 Å². The van der Waals surface area contributed by atoms with Gasteiger partial charge in [-0.15, -0.1) is 0 Å². The maximum Gasteiger partial charge on any atom is 0.226 e. The first kappa shape index (κ1) is 38.6. The summed E-state index contributed by atoms with van der Waals surface area (Å²) in [4.78, 5) is 18.7. The van der Waals surface area contributed by atoms with Crippen LogP contribution in [0.3, 0.4) is 0 Å². The number of nitrogens with one attached hydrogen (secondary N) is 2. The maximum atomic E-state index is 7.14. The van der Waals surface area contributed by atoms with Gasteiger partial charge in [0.25, 0.3) is 0 Å². The molecule has 0 aliphatic carbocycles. The van der Waals surface area contributed by atoms with Gasteiger partial charge in [-0.3, -0.25) is 0 Å². The average Bonchev–Trinajstić information content (AvgIpc) is 4.08. The van der Waals surface area contributed by atoms with E-state index in [2.05, 4.69) is 185 Å². The van der Waals surface area contributed by atoms with Crippen LogP contribution in [-0.2, 0) is 4.74 Å². The molecule has 3 aromatic heterocycles. The Labute approximate surface area is 352 Å². The summed E-state index contributed by atoms with van der Waals surface area (Å²) >= 11 is 0. The summed E-state index contributed by atoms with van der Waals surface area (Å²) in [5.41, 5.74) is 19.8. The summed E-state index contributed by atoms with van der Waals surface area (Å²) in [5, 5.41) is 0. The Morgan fingerprint density at radius 3 is 1.28 bits per heavy atom. The first-order valence-corrected chi connectivity index (χ1v) is 21.0. The SMILES string of the molecule is CCOC1=Nc2c(OC(C)CC)c1c(-c1ccc(C)cc1)c1ccc([nH]1)c(-c1ccc(C)cc1)c1nc(c(-c3ccc(C)cc3)c3ccc([nH]3)c2-c2ccc(C)cc2)C=C1. The van der Waals surface area contributed by atoms with Crippen LogP contribution in [0.1, 0.15) is 66.4 Å². The minimum absolute atomic E-state index is 0.109. The van der Waals surface area contributed by atoms with E-state index in [1.165, 1.54) is 22.3 Å². The molecule has 60 heavy (non-hydrogen) atoms. The highest BCUT2D eigenvalue weighted by Gasteiger charge is 2.31. The Kier molecular flexibility index (Phi) is 10.3. The Bertz CT molecular complexity index is 2970. The Morgan fingerprint density at radius 2 is 0.867 bits per heavy atom. The number of fused-ring (bicyclic) bond motifs is 8. The fourth-order valence-corrected chi connectivity index (χ4v) is 8.09. The van der Waals surface area contributed by atoms with Gasteiger partial charge in [-0.2, -0.15) is 0 Å². The van der Waals surface area contributed by atoms with Crippen LogP contribution in [0.25, 0.3) is 78.7 Å². The van der Waals surface area contributed by atoms with Crippen molar-refractivity contribution in [1.82, 2.24) is 15.0 Å². The van der Waals surface area contributed by atoms with E-state index in [9.17, 15) is 0 Å². The Hall–Kier alpha value is -6.92. The number of ether oxygens (including phenoxy) is 2. The number of aryl methyl sites for hydroxylation is 4. The van der Waals surface area contributed by atoms with Gasteiger partial charge in [-0.1, -0.05) is 126 Å². The summed E-state index contributed by atoms with van der Waals surface area (Å²) < 4.78 is 13.7. The van der Waals surface area contributed by atoms with E-state index < -0.39 is 0 Å². The quantitative estimate of drug-likeness (QED) is 0.161. The van der Waals surface area contributed by atoms with Crippen molar-refractivity contribution in [2.45, 2.75) is 61.0 Å². The third kappa shape index (κ3) is 7.23. The van der Waals surface area contributed by atoms with Crippen molar-refractivity contribution in [3.63, 3.8) is 0 Å². The maximum absolute atomic E-state index is 7.14. The highest BCUT2D eigenvalue weighted by molar-refractivity contribution is 6.14. The van der Waals surface area contributed by atoms with E-state index in [0.29, 0.717) is 23.9 Å². The van der Waals surface area contributed by atoms with E-state index in [4.69, 9.17) is 19.5 Å². The molecule has 298 valence electrons. The fraction of sp³-hybridized carbons (Fsp3) is 0.185. The number of H-pyrrole nitrogens is 2. The lowest BCUT2D eigenvalue weighted by Gasteiger charge is -2.17. The van der Waals surface area contributed by atoms with E-state index in [0.717, 1.165) is 89.9 Å². The van der Waals surface area contributed by atoms with Crippen LogP contribution in [0.5, 0.6) is 5.75 Å². The molecule has 0 radical (unpaired) electrons. The zero-order valence-electron chi connectivity index (χ0n) is 35.4. The van der Waals surface area contributed by atoms with Crippen molar-refractivity contribution >= 4 is 45.8 Å². The van der Waals surface area contributed by atoms with Crippen LogP contribution < -0.4 is 4.74 Å². The lowest BCUT2D eigenvalue weighted by atomic mass is 9.97. The van der Waals surface area contributed by atoms with Gasteiger partial charge < -0.3 is 19.4 Å². The molecule has 2 aliphatic rings. The number of hydrogen-bond acceptors (Lipinski definition) is 4. The van der Waals surface area contributed by atoms with Crippen molar-refractivity contribution in [1.29, 1.82) is 0 Å². The van der Waals surface area contributed by atoms with Crippen molar-refractivity contribution in [2.24, 2.45) is 4.99 Å². The molecule has 6 heteroatoms. The first-order chi connectivity index (χ1) is 29.2. The monoisotopic (exact) mass is 786 g/mol. The lowest BCUT2D eigenvalue weighted by Crippen LogP contribution is -2.12. The Morgan fingerprint density at radius 1 is 0.483 bits per heavy atom. The van der Waals surface area contributed by atoms with Crippen molar-refractivity contribution in [3.8, 4) is 50.3 Å². The third-order valence-corrected chi connectivity index (χ3v) is 11.5. The van der Waals surface area contributed by atoms with Gasteiger partial charge in [0.05, 0.1) is 29.7 Å². The molecule has 6 nitrogen and oxygen atoms in total. The van der Waals surface area contributed by atoms with Crippen LogP contribution in [0.4, 0.5) is 5.69 Å². The van der Waals surface area contributed by atoms with Gasteiger partial charge >= 0.3 is 0 Å². The lowest BCUT2D eigenvalue weighted by molar-refractivity contribution is 0.218. The molecule has 0 spiro atoms. The zero-order valence-corrected chi connectivity index (χ0v) is 35.4. The molecule has 0 fully saturated rings. The molecule has 4 aromatic carbocycles. The number of aromatic nitrogens is 3. The van der Waals surface area contributed by atoms with Gasteiger partial charge in [0, 0.05) is 44.3 Å². The average molecular weight is 787 g/mol. The Balaban J connectivity index is 1.55. The topological polar surface area (TPSA) is 75.3 Å². The van der Waals surface area contributed by atoms with Crippen molar-refractivity contribution in [3.05, 3.63) is 161 Å². The van der Waals surface area contributed by atoms with Crippen LogP contribution in [0.15, 0.2) is 126 Å². The molecule has 8 bridgehead atoms. The molecule has 9 rings (SSSR count). The normalized spacial score (nSPS) is 12.7. The molecule has 0 saturated heterocycles. The molecule has 5 heterocycles. The van der Waals surface area contributed by atoms with Crippen molar-refractivity contribution in [2.75, 3.05) is 6.61 Å². The van der Waals surface area contributed by atoms with E-state index in [-0.39, 0.29) is 6.10 Å². The standard InChI is InChI=1S/C54H50N4O2/c1-8-36(7)60-53-51-49(39-22-14-34(5)15-23-39)45-30-28-43(56-45)47(37-18-10-32(3)11-19-37)41-26-27-42(55-41)48(38-20-12-33(4)13-21-38)44-29-31-46(57-44)50(40-24-16-35(6)17-25-40)52(53)58-54(51)59-9-2/h10-31,36,56-57H,8-9H2,1-7H3. The number of nitrogens with zero attached hydrogens (tertiary/aromatic N) is 2. The summed E-state index contributed by atoms with van der Waals surface area (Å²) in [5.74, 6) is 1.21. The molecule has 1 unspecified atom stereocenters. The smallest absolute Gasteiger partial charge is 0.226 e. The minimum Gasteiger partial charge on any atom is -0.488 e. The number of aromatic amines is 2. The highest BCUT2D eigenvalue weighted by atomic mass is 16.5. The third-order valence-electron chi connectivity index (χ3n) is 11.5. The van der Waals surface area contributed by atoms with E-state index in [1.54, 1.807) is 0 Å². The van der Waals surface area contributed by atoms with Gasteiger partial charge in [-0.25, -0.2) is 9.98 Å². The molecular formula is C54H50N4O2. The summed E-state index contributed by atoms with van der Waals surface area (Å²) in [7, 11) is 0. The van der Waals surface area contributed by atoms with Crippen LogP contribution in [0, 0.1) is 27.7 Å². The fourth-order valence-electron chi connectivity index (χ4n) is 8.09. The zero-order chi connectivity index (χ0) is 41.5. The second-order valence-corrected chi connectivity index (χ2v) is 16.0. The second kappa shape index (κ2) is 16.0. The second-order valence-electron chi connectivity index (χ2n) is 16.0. The van der Waals surface area contributed by atoms with Crippen LogP contribution in [-0.4, -0.2) is 33.6 Å². The highest BCUT2D eigenvalue weighted by Crippen LogP contribution is 2.49. The molecule has 2 N–H and O–H groups in total. The number of rotatable bonds is 8. The number of benzene rings is 4. The molecule has 0 saturated carbocycles. The first-order valence-electron chi connectivity index (χ1n) is 21.0. The molecular weight excluding hydrogens is 737 g/mol. The summed E-state index contributed by atoms with van der Waals surface area (Å²) in [6.45, 7) is 15.2. The summed E-state index contributed by atoms with van der Waals surface area (Å²) in [6.07, 6.45) is 4.99. The van der Waals surface area contributed by atoms with E-state index in [1.807, 2.05) is 6.92 Å². The predicted molar refractivity (Wildman–Crippen MR) is 251 cm³/mol.